The van der Waals surface area contributed by atoms with E-state index in [0.29, 0.717) is 22.8 Å². The summed E-state index contributed by atoms with van der Waals surface area (Å²) in [4.78, 5) is 17.4. The molecule has 4 nitrogen and oxygen atoms in total. The van der Waals surface area contributed by atoms with E-state index >= 15 is 0 Å². The van der Waals surface area contributed by atoms with Gasteiger partial charge >= 0.3 is 0 Å². The van der Waals surface area contributed by atoms with Crippen molar-refractivity contribution in [3.63, 3.8) is 0 Å². The lowest BCUT2D eigenvalue weighted by molar-refractivity contribution is 0.0674. The molecule has 150 valence electrons. The monoisotopic (exact) mass is 407 g/mol. The van der Waals surface area contributed by atoms with E-state index in [0.717, 1.165) is 16.8 Å². The molecule has 0 aliphatic rings. The maximum Gasteiger partial charge on any atom is 0.256 e. The van der Waals surface area contributed by atoms with Crippen molar-refractivity contribution in [2.45, 2.75) is 19.5 Å². The minimum absolute atomic E-state index is 0.112. The van der Waals surface area contributed by atoms with Gasteiger partial charge in [-0.2, -0.15) is 0 Å². The van der Waals surface area contributed by atoms with Crippen LogP contribution in [0.2, 0.25) is 5.02 Å². The highest BCUT2D eigenvalue weighted by molar-refractivity contribution is 6.33. The fourth-order valence-corrected chi connectivity index (χ4v) is 3.65. The zero-order valence-corrected chi connectivity index (χ0v) is 17.7. The van der Waals surface area contributed by atoms with Crippen LogP contribution >= 0.6 is 11.6 Å². The van der Waals surface area contributed by atoms with Crippen LogP contribution in [0.25, 0.3) is 0 Å². The number of hydrogen-bond acceptors (Lipinski definition) is 3. The highest BCUT2D eigenvalue weighted by atomic mass is 35.5. The first-order valence-corrected chi connectivity index (χ1v) is 9.92. The van der Waals surface area contributed by atoms with E-state index in [1.165, 1.54) is 0 Å². The lowest BCUT2D eigenvalue weighted by Crippen LogP contribution is -2.34. The van der Waals surface area contributed by atoms with Crippen LogP contribution in [0.15, 0.2) is 72.8 Å². The smallest absolute Gasteiger partial charge is 0.256 e. The van der Waals surface area contributed by atoms with Gasteiger partial charge in [0.2, 0.25) is 0 Å². The van der Waals surface area contributed by atoms with Crippen molar-refractivity contribution in [2.75, 3.05) is 24.7 Å². The third-order valence-electron chi connectivity index (χ3n) is 5.04. The van der Waals surface area contributed by atoms with Gasteiger partial charge in [0.1, 0.15) is 0 Å². The molecule has 1 atom stereocenters. The molecular weight excluding hydrogens is 382 g/mol. The summed E-state index contributed by atoms with van der Waals surface area (Å²) in [7, 11) is 3.96. The molecule has 0 aromatic heterocycles. The normalized spacial score (nSPS) is 11.7. The Morgan fingerprint density at radius 3 is 2.31 bits per heavy atom. The number of rotatable bonds is 6. The molecule has 1 amide bonds. The first-order valence-electron chi connectivity index (χ1n) is 9.54. The third kappa shape index (κ3) is 4.72. The number of nitrogens with two attached hydrogens (primary N) is 1. The average molecular weight is 408 g/mol. The summed E-state index contributed by atoms with van der Waals surface area (Å²) >= 11 is 6.35. The Bertz CT molecular complexity index is 988. The number of nitrogens with zero attached hydrogens (tertiary/aromatic N) is 2. The van der Waals surface area contributed by atoms with Crippen molar-refractivity contribution in [2.24, 2.45) is 0 Å². The Balaban J connectivity index is 2.05. The summed E-state index contributed by atoms with van der Waals surface area (Å²) in [5, 5.41) is 0.447. The molecule has 1 unspecified atom stereocenters. The van der Waals surface area contributed by atoms with Crippen molar-refractivity contribution in [3.05, 3.63) is 94.5 Å². The molecule has 3 aromatic rings. The van der Waals surface area contributed by atoms with Crippen LogP contribution < -0.4 is 10.6 Å². The van der Waals surface area contributed by atoms with Crippen LogP contribution in [0.4, 0.5) is 11.4 Å². The maximum absolute atomic E-state index is 13.5. The van der Waals surface area contributed by atoms with Crippen LogP contribution in [0, 0.1) is 0 Å². The summed E-state index contributed by atoms with van der Waals surface area (Å²) in [6.45, 7) is 2.45. The van der Waals surface area contributed by atoms with Gasteiger partial charge in [-0.1, -0.05) is 54.1 Å². The van der Waals surface area contributed by atoms with E-state index in [-0.39, 0.29) is 11.9 Å². The van der Waals surface area contributed by atoms with Crippen LogP contribution in [0.1, 0.15) is 34.5 Å². The Morgan fingerprint density at radius 2 is 1.66 bits per heavy atom. The molecule has 0 fully saturated rings. The molecule has 5 heteroatoms. The van der Waals surface area contributed by atoms with Crippen LogP contribution in [-0.4, -0.2) is 24.9 Å². The number of carbonyl (C=O) groups excluding carboxylic acids is 1. The standard InChI is InChI=1S/C24H26ClN3O/c1-17(18-9-5-4-6-10-18)28(24(29)21-11-7-8-12-22(21)25)16-19-15-20(26)13-14-23(19)27(2)3/h4-15,17H,16,26H2,1-3H3. The van der Waals surface area contributed by atoms with E-state index in [2.05, 4.69) is 0 Å². The molecule has 0 aliphatic carbocycles. The molecule has 0 bridgehead atoms. The molecule has 0 saturated heterocycles. The number of nitrogen functional groups attached to an aromatic ring is 1. The summed E-state index contributed by atoms with van der Waals surface area (Å²) in [6.07, 6.45) is 0. The van der Waals surface area contributed by atoms with E-state index in [9.17, 15) is 4.79 Å². The lowest BCUT2D eigenvalue weighted by atomic mass is 10.0. The fourth-order valence-electron chi connectivity index (χ4n) is 3.44. The molecule has 0 aliphatic heterocycles. The van der Waals surface area contributed by atoms with Gasteiger partial charge in [-0.15, -0.1) is 0 Å². The number of anilines is 2. The van der Waals surface area contributed by atoms with Gasteiger partial charge < -0.3 is 15.5 Å². The Hall–Kier alpha value is -2.98. The van der Waals surface area contributed by atoms with Gasteiger partial charge in [0.25, 0.3) is 5.91 Å². The van der Waals surface area contributed by atoms with Crippen LogP contribution in [-0.2, 0) is 6.54 Å². The molecule has 2 N–H and O–H groups in total. The van der Waals surface area contributed by atoms with Crippen molar-refractivity contribution < 1.29 is 4.79 Å². The number of benzene rings is 3. The van der Waals surface area contributed by atoms with E-state index < -0.39 is 0 Å². The zero-order valence-electron chi connectivity index (χ0n) is 17.0. The Labute approximate surface area is 177 Å². The van der Waals surface area contributed by atoms with Crippen LogP contribution in [0.3, 0.4) is 0 Å². The van der Waals surface area contributed by atoms with Crippen LogP contribution in [0.5, 0.6) is 0 Å². The molecule has 0 saturated carbocycles. The highest BCUT2D eigenvalue weighted by Gasteiger charge is 2.25. The number of halogens is 1. The number of amides is 1. The predicted molar refractivity (Wildman–Crippen MR) is 121 cm³/mol. The highest BCUT2D eigenvalue weighted by Crippen LogP contribution is 2.30. The molecule has 0 spiro atoms. The van der Waals surface area contributed by atoms with Gasteiger partial charge in [-0.3, -0.25) is 4.79 Å². The van der Waals surface area contributed by atoms with E-state index in [1.807, 2.05) is 91.5 Å². The second-order valence-corrected chi connectivity index (χ2v) is 7.69. The van der Waals surface area contributed by atoms with Gasteiger partial charge in [0.15, 0.2) is 0 Å². The fraction of sp³-hybridized carbons (Fsp3) is 0.208. The summed E-state index contributed by atoms with van der Waals surface area (Å²) in [5.41, 5.74) is 10.3. The van der Waals surface area contributed by atoms with E-state index in [1.54, 1.807) is 12.1 Å². The zero-order chi connectivity index (χ0) is 21.0. The predicted octanol–water partition coefficient (Wildman–Crippen LogP) is 5.39. The van der Waals surface area contributed by atoms with E-state index in [4.69, 9.17) is 17.3 Å². The van der Waals surface area contributed by atoms with Crippen molar-refractivity contribution in [3.8, 4) is 0 Å². The average Bonchev–Trinajstić information content (AvgIpc) is 2.72. The molecule has 3 aromatic carbocycles. The largest absolute Gasteiger partial charge is 0.399 e. The number of carbonyl (C=O) groups is 1. The maximum atomic E-state index is 13.5. The minimum Gasteiger partial charge on any atom is -0.399 e. The third-order valence-corrected chi connectivity index (χ3v) is 5.37. The van der Waals surface area contributed by atoms with Crippen molar-refractivity contribution >= 4 is 28.9 Å². The molecule has 3 rings (SSSR count). The van der Waals surface area contributed by atoms with Gasteiger partial charge in [-0.05, 0) is 48.4 Å². The summed E-state index contributed by atoms with van der Waals surface area (Å²) < 4.78 is 0. The van der Waals surface area contributed by atoms with Crippen molar-refractivity contribution in [1.29, 1.82) is 0 Å². The molecule has 0 heterocycles. The SMILES string of the molecule is CC(c1ccccc1)N(Cc1cc(N)ccc1N(C)C)C(=O)c1ccccc1Cl. The molecule has 0 radical (unpaired) electrons. The number of hydrogen-bond donors (Lipinski definition) is 1. The van der Waals surface area contributed by atoms with Gasteiger partial charge in [-0.25, -0.2) is 0 Å². The summed E-state index contributed by atoms with van der Waals surface area (Å²) in [5.74, 6) is -0.112. The quantitative estimate of drug-likeness (QED) is 0.557. The lowest BCUT2D eigenvalue weighted by Gasteiger charge is -2.32. The Morgan fingerprint density at radius 1 is 1.00 bits per heavy atom. The summed E-state index contributed by atoms with van der Waals surface area (Å²) in [6, 6.07) is 22.8. The topological polar surface area (TPSA) is 49.6 Å². The van der Waals surface area contributed by atoms with Gasteiger partial charge in [0.05, 0.1) is 16.6 Å². The molecule has 29 heavy (non-hydrogen) atoms. The molecular formula is C24H26ClN3O. The second kappa shape index (κ2) is 9.01. The first kappa shape index (κ1) is 20.7. The van der Waals surface area contributed by atoms with Crippen molar-refractivity contribution in [1.82, 2.24) is 4.90 Å². The second-order valence-electron chi connectivity index (χ2n) is 7.28. The first-order chi connectivity index (χ1) is 13.9. The van der Waals surface area contributed by atoms with Gasteiger partial charge in [0, 0.05) is 32.0 Å². The Kier molecular flexibility index (Phi) is 6.45. The minimum atomic E-state index is -0.142.